The van der Waals surface area contributed by atoms with E-state index >= 15 is 0 Å². The first-order chi connectivity index (χ1) is 8.58. The number of benzene rings is 1. The average molecular weight is 268 g/mol. The first-order valence-electron chi connectivity index (χ1n) is 5.12. The predicted molar refractivity (Wildman–Crippen MR) is 64.1 cm³/mol. The molecule has 0 spiro atoms. The molecule has 0 saturated heterocycles. The smallest absolute Gasteiger partial charge is 0.263 e. The number of carbonyl (C=O) groups excluding carboxylic acids is 1. The Labute approximate surface area is 107 Å². The zero-order valence-electron chi connectivity index (χ0n) is 9.11. The van der Waals surface area contributed by atoms with Crippen molar-refractivity contribution in [3.05, 3.63) is 64.4 Å². The second kappa shape index (κ2) is 5.23. The summed E-state index contributed by atoms with van der Waals surface area (Å²) in [6.45, 7) is 0. The Morgan fingerprint density at radius 1 is 1.22 bits per heavy atom. The fourth-order valence-electron chi connectivity index (χ4n) is 1.51. The largest absolute Gasteiger partial charge is 0.287 e. The third kappa shape index (κ3) is 2.71. The summed E-state index contributed by atoms with van der Waals surface area (Å²) in [5.74, 6) is -0.431. The van der Waals surface area contributed by atoms with E-state index in [2.05, 4.69) is 4.98 Å². The van der Waals surface area contributed by atoms with E-state index in [9.17, 15) is 13.6 Å². The van der Waals surface area contributed by atoms with Crippen LogP contribution in [0.25, 0.3) is 0 Å². The van der Waals surface area contributed by atoms with Crippen LogP contribution in [0.15, 0.2) is 42.6 Å². The van der Waals surface area contributed by atoms with Gasteiger partial charge in [0.05, 0.1) is 0 Å². The van der Waals surface area contributed by atoms with Crippen molar-refractivity contribution in [2.24, 2.45) is 0 Å². The molecule has 0 radical (unpaired) electrons. The van der Waals surface area contributed by atoms with Crippen LogP contribution in [0.4, 0.5) is 8.78 Å². The minimum Gasteiger partial charge on any atom is -0.287 e. The van der Waals surface area contributed by atoms with Crippen LogP contribution in [0.5, 0.6) is 0 Å². The number of carbonyl (C=O) groups is 1. The van der Waals surface area contributed by atoms with Gasteiger partial charge in [-0.25, -0.2) is 8.78 Å². The molecule has 2 aromatic rings. The van der Waals surface area contributed by atoms with Gasteiger partial charge in [-0.3, -0.25) is 9.78 Å². The number of aromatic nitrogens is 1. The van der Waals surface area contributed by atoms with Crippen molar-refractivity contribution in [1.29, 1.82) is 0 Å². The summed E-state index contributed by atoms with van der Waals surface area (Å²) in [5.41, 5.74) is 0.0262. The van der Waals surface area contributed by atoms with Crippen LogP contribution in [-0.2, 0) is 0 Å². The van der Waals surface area contributed by atoms with E-state index in [0.717, 1.165) is 12.1 Å². The van der Waals surface area contributed by atoms with Gasteiger partial charge >= 0.3 is 0 Å². The fourth-order valence-corrected chi connectivity index (χ4v) is 1.76. The lowest BCUT2D eigenvalue weighted by atomic mass is 10.0. The molecule has 0 unspecified atom stereocenters. The van der Waals surface area contributed by atoms with Crippen molar-refractivity contribution in [2.75, 3.05) is 0 Å². The third-order valence-corrected chi connectivity index (χ3v) is 2.55. The molecule has 5 heteroatoms. The molecule has 2 nitrogen and oxygen atoms in total. The maximum atomic E-state index is 12.6. The number of ketones is 1. The molecule has 0 aliphatic heterocycles. The maximum Gasteiger partial charge on any atom is 0.263 e. The maximum absolute atomic E-state index is 12.6. The molecule has 0 amide bonds. The van der Waals surface area contributed by atoms with Crippen molar-refractivity contribution < 1.29 is 13.6 Å². The minimum atomic E-state index is -2.67. The summed E-state index contributed by atoms with van der Waals surface area (Å²) in [6, 6.07) is 8.46. The van der Waals surface area contributed by atoms with E-state index in [1.807, 2.05) is 0 Å². The van der Waals surface area contributed by atoms with Gasteiger partial charge < -0.3 is 0 Å². The van der Waals surface area contributed by atoms with Crippen LogP contribution < -0.4 is 0 Å². The standard InChI is InChI=1S/C13H8ClF2NO/c14-10-6-8(5-9(7-10)13(15)16)12(18)11-3-1-2-4-17-11/h1-7,13H. The first-order valence-corrected chi connectivity index (χ1v) is 5.50. The van der Waals surface area contributed by atoms with E-state index in [0.29, 0.717) is 0 Å². The minimum absolute atomic E-state index is 0.104. The first kappa shape index (κ1) is 12.6. The number of hydrogen-bond acceptors (Lipinski definition) is 2. The van der Waals surface area contributed by atoms with Crippen LogP contribution in [-0.4, -0.2) is 10.8 Å². The van der Waals surface area contributed by atoms with E-state index in [1.165, 1.54) is 18.3 Å². The Hall–Kier alpha value is -1.81. The van der Waals surface area contributed by atoms with E-state index in [-0.39, 0.29) is 21.8 Å². The van der Waals surface area contributed by atoms with Crippen LogP contribution in [0.2, 0.25) is 5.02 Å². The molecule has 18 heavy (non-hydrogen) atoms. The number of halogens is 3. The highest BCUT2D eigenvalue weighted by atomic mass is 35.5. The number of hydrogen-bond donors (Lipinski definition) is 0. The summed E-state index contributed by atoms with van der Waals surface area (Å²) in [6.07, 6.45) is -1.20. The molecule has 0 bridgehead atoms. The van der Waals surface area contributed by atoms with Gasteiger partial charge in [0, 0.05) is 22.3 Å². The summed E-state index contributed by atoms with van der Waals surface area (Å²) < 4.78 is 25.2. The normalized spacial score (nSPS) is 10.7. The lowest BCUT2D eigenvalue weighted by Crippen LogP contribution is -2.04. The lowest BCUT2D eigenvalue weighted by Gasteiger charge is -2.05. The molecule has 1 aromatic heterocycles. The number of alkyl halides is 2. The molecule has 0 atom stereocenters. The third-order valence-electron chi connectivity index (χ3n) is 2.33. The molecule has 0 fully saturated rings. The van der Waals surface area contributed by atoms with Gasteiger partial charge in [0.2, 0.25) is 5.78 Å². The highest BCUT2D eigenvalue weighted by Gasteiger charge is 2.15. The van der Waals surface area contributed by atoms with E-state index in [4.69, 9.17) is 11.6 Å². The number of nitrogens with zero attached hydrogens (tertiary/aromatic N) is 1. The second-order valence-corrected chi connectivity index (χ2v) is 4.05. The molecule has 1 aromatic carbocycles. The Morgan fingerprint density at radius 3 is 2.61 bits per heavy atom. The van der Waals surface area contributed by atoms with Gasteiger partial charge in [0.15, 0.2) is 0 Å². The van der Waals surface area contributed by atoms with Gasteiger partial charge in [-0.15, -0.1) is 0 Å². The van der Waals surface area contributed by atoms with Crippen molar-refractivity contribution in [3.63, 3.8) is 0 Å². The molecule has 0 aliphatic carbocycles. The summed E-state index contributed by atoms with van der Waals surface area (Å²) >= 11 is 5.72. The Kier molecular flexibility index (Phi) is 3.67. The van der Waals surface area contributed by atoms with Crippen molar-refractivity contribution in [2.45, 2.75) is 6.43 Å². The van der Waals surface area contributed by atoms with E-state index < -0.39 is 12.2 Å². The van der Waals surface area contributed by atoms with Gasteiger partial charge in [-0.05, 0) is 30.3 Å². The Balaban J connectivity index is 2.42. The lowest BCUT2D eigenvalue weighted by molar-refractivity contribution is 0.103. The topological polar surface area (TPSA) is 30.0 Å². The molecule has 2 rings (SSSR count). The number of pyridine rings is 1. The summed E-state index contributed by atoms with van der Waals surface area (Å²) in [5, 5.41) is 0.104. The zero-order valence-corrected chi connectivity index (χ0v) is 9.86. The summed E-state index contributed by atoms with van der Waals surface area (Å²) in [4.78, 5) is 15.9. The molecule has 1 heterocycles. The van der Waals surface area contributed by atoms with Crippen molar-refractivity contribution >= 4 is 17.4 Å². The van der Waals surface area contributed by atoms with Gasteiger partial charge in [-0.2, -0.15) is 0 Å². The van der Waals surface area contributed by atoms with Crippen LogP contribution in [0, 0.1) is 0 Å². The van der Waals surface area contributed by atoms with Crippen molar-refractivity contribution in [1.82, 2.24) is 4.98 Å². The summed E-state index contributed by atoms with van der Waals surface area (Å²) in [7, 11) is 0. The molecule has 0 N–H and O–H groups in total. The Morgan fingerprint density at radius 2 is 2.00 bits per heavy atom. The van der Waals surface area contributed by atoms with Crippen molar-refractivity contribution in [3.8, 4) is 0 Å². The predicted octanol–water partition coefficient (Wildman–Crippen LogP) is 3.90. The molecule has 0 aliphatic rings. The average Bonchev–Trinajstić information content (AvgIpc) is 2.38. The SMILES string of the molecule is O=C(c1cc(Cl)cc(C(F)F)c1)c1ccccn1. The zero-order chi connectivity index (χ0) is 13.1. The van der Waals surface area contributed by atoms with Gasteiger partial charge in [0.1, 0.15) is 5.69 Å². The molecular weight excluding hydrogens is 260 g/mol. The monoisotopic (exact) mass is 267 g/mol. The molecule has 0 saturated carbocycles. The van der Waals surface area contributed by atoms with E-state index in [1.54, 1.807) is 12.1 Å². The van der Waals surface area contributed by atoms with Crippen LogP contribution in [0.1, 0.15) is 28.0 Å². The van der Waals surface area contributed by atoms with Crippen LogP contribution in [0.3, 0.4) is 0 Å². The highest BCUT2D eigenvalue weighted by Crippen LogP contribution is 2.25. The molecule has 92 valence electrons. The van der Waals surface area contributed by atoms with Gasteiger partial charge in [0.25, 0.3) is 6.43 Å². The second-order valence-electron chi connectivity index (χ2n) is 3.62. The quantitative estimate of drug-likeness (QED) is 0.790. The highest BCUT2D eigenvalue weighted by molar-refractivity contribution is 6.31. The van der Waals surface area contributed by atoms with Crippen LogP contribution >= 0.6 is 11.6 Å². The number of rotatable bonds is 3. The Bertz CT molecular complexity index is 572. The van der Waals surface area contributed by atoms with Gasteiger partial charge in [-0.1, -0.05) is 17.7 Å². The fraction of sp³-hybridized carbons (Fsp3) is 0.0769. The molecular formula is C13H8ClF2NO.